The first kappa shape index (κ1) is 13.4. The highest BCUT2D eigenvalue weighted by Crippen LogP contribution is 2.41. The summed E-state index contributed by atoms with van der Waals surface area (Å²) in [6, 6.07) is 4.77. The van der Waals surface area contributed by atoms with Crippen LogP contribution in [0.2, 0.25) is 0 Å². The van der Waals surface area contributed by atoms with Crippen molar-refractivity contribution < 1.29 is 14.8 Å². The molecule has 0 saturated heterocycles. The van der Waals surface area contributed by atoms with Crippen molar-refractivity contribution in [1.29, 1.82) is 0 Å². The molecule has 0 spiro atoms. The first-order valence-electron chi connectivity index (χ1n) is 5.54. The molecular formula is C12H12N2O4S. The molecule has 2 heterocycles. The summed E-state index contributed by atoms with van der Waals surface area (Å²) in [6.45, 7) is 3.38. The van der Waals surface area contributed by atoms with E-state index in [4.69, 9.17) is 4.74 Å². The third kappa shape index (κ3) is 3.07. The summed E-state index contributed by atoms with van der Waals surface area (Å²) in [7, 11) is 0. The first-order chi connectivity index (χ1) is 8.97. The van der Waals surface area contributed by atoms with Crippen LogP contribution in [0.25, 0.3) is 0 Å². The lowest BCUT2D eigenvalue weighted by Gasteiger charge is -2.02. The van der Waals surface area contributed by atoms with Crippen LogP contribution in [0.15, 0.2) is 24.4 Å². The Morgan fingerprint density at radius 1 is 1.53 bits per heavy atom. The number of aromatic nitrogens is 1. The quantitative estimate of drug-likeness (QED) is 0.686. The van der Waals surface area contributed by atoms with Crippen LogP contribution < -0.4 is 4.74 Å². The van der Waals surface area contributed by atoms with Gasteiger partial charge in [-0.25, -0.2) is 0 Å². The lowest BCUT2D eigenvalue weighted by molar-refractivity contribution is -0.385. The number of ether oxygens (including phenoxy) is 1. The van der Waals surface area contributed by atoms with Gasteiger partial charge in [0.05, 0.1) is 17.2 Å². The molecule has 0 aliphatic rings. The van der Waals surface area contributed by atoms with Gasteiger partial charge in [0.2, 0.25) is 0 Å². The number of rotatable bonds is 4. The zero-order valence-corrected chi connectivity index (χ0v) is 11.2. The highest BCUT2D eigenvalue weighted by molar-refractivity contribution is 7.14. The van der Waals surface area contributed by atoms with Crippen LogP contribution in [-0.4, -0.2) is 15.0 Å². The molecule has 0 saturated carbocycles. The number of hydrogen-bond donors (Lipinski definition) is 1. The molecule has 1 atom stereocenters. The monoisotopic (exact) mass is 280 g/mol. The van der Waals surface area contributed by atoms with Crippen LogP contribution in [0.5, 0.6) is 10.8 Å². The number of pyridine rings is 1. The molecule has 0 fully saturated rings. The van der Waals surface area contributed by atoms with Crippen molar-refractivity contribution >= 4 is 17.0 Å². The summed E-state index contributed by atoms with van der Waals surface area (Å²) >= 11 is 1.05. The molecule has 0 aromatic carbocycles. The predicted molar refractivity (Wildman–Crippen MR) is 70.7 cm³/mol. The van der Waals surface area contributed by atoms with Crippen molar-refractivity contribution in [1.82, 2.24) is 4.98 Å². The number of hydrogen-bond acceptors (Lipinski definition) is 6. The molecule has 0 aliphatic carbocycles. The number of aliphatic hydroxyl groups is 1. The smallest absolute Gasteiger partial charge is 0.323 e. The number of thiophene rings is 1. The standard InChI is InChI=1S/C12H12N2O4S/c1-7-3-4-9(6-13-7)18-12-10(14(16)17)5-11(19-12)8(2)15/h3-6,8,15H,1-2H3. The Morgan fingerprint density at radius 3 is 2.79 bits per heavy atom. The predicted octanol–water partition coefficient (Wildman–Crippen LogP) is 3.21. The molecule has 100 valence electrons. The Balaban J connectivity index is 2.33. The largest absolute Gasteiger partial charge is 0.438 e. The van der Waals surface area contributed by atoms with E-state index >= 15 is 0 Å². The van der Waals surface area contributed by atoms with E-state index in [1.165, 1.54) is 12.3 Å². The van der Waals surface area contributed by atoms with Gasteiger partial charge in [-0.05, 0) is 26.0 Å². The maximum Gasteiger partial charge on any atom is 0.323 e. The van der Waals surface area contributed by atoms with Crippen molar-refractivity contribution in [2.45, 2.75) is 20.0 Å². The van der Waals surface area contributed by atoms with E-state index < -0.39 is 11.0 Å². The van der Waals surface area contributed by atoms with Gasteiger partial charge in [0.1, 0.15) is 5.75 Å². The van der Waals surface area contributed by atoms with E-state index in [2.05, 4.69) is 4.98 Å². The van der Waals surface area contributed by atoms with Crippen LogP contribution >= 0.6 is 11.3 Å². The molecule has 1 unspecified atom stereocenters. The molecule has 2 aromatic heterocycles. The Kier molecular flexibility index (Phi) is 3.77. The van der Waals surface area contributed by atoms with Gasteiger partial charge in [-0.1, -0.05) is 11.3 Å². The van der Waals surface area contributed by atoms with Crippen molar-refractivity contribution in [3.05, 3.63) is 45.1 Å². The van der Waals surface area contributed by atoms with Crippen LogP contribution in [0, 0.1) is 17.0 Å². The Hall–Kier alpha value is -1.99. The van der Waals surface area contributed by atoms with Gasteiger partial charge in [0.25, 0.3) is 5.06 Å². The van der Waals surface area contributed by atoms with Gasteiger partial charge in [-0.2, -0.15) is 0 Å². The van der Waals surface area contributed by atoms with Gasteiger partial charge in [0.15, 0.2) is 0 Å². The van der Waals surface area contributed by atoms with Crippen LogP contribution in [0.3, 0.4) is 0 Å². The molecule has 0 bridgehead atoms. The minimum Gasteiger partial charge on any atom is -0.438 e. The van der Waals surface area contributed by atoms with E-state index in [1.54, 1.807) is 19.1 Å². The average molecular weight is 280 g/mol. The van der Waals surface area contributed by atoms with Gasteiger partial charge in [-0.3, -0.25) is 15.1 Å². The van der Waals surface area contributed by atoms with Crippen LogP contribution in [0.4, 0.5) is 5.69 Å². The third-order valence-corrected chi connectivity index (χ3v) is 3.57. The number of aryl methyl sites for hydroxylation is 1. The Bertz CT molecular complexity index is 592. The fraction of sp³-hybridized carbons (Fsp3) is 0.250. The van der Waals surface area contributed by atoms with E-state index in [0.717, 1.165) is 17.0 Å². The maximum absolute atomic E-state index is 10.9. The summed E-state index contributed by atoms with van der Waals surface area (Å²) in [4.78, 5) is 14.9. The minimum atomic E-state index is -0.766. The fourth-order valence-electron chi connectivity index (χ4n) is 1.41. The second-order valence-corrected chi connectivity index (χ2v) is 5.04. The van der Waals surface area contributed by atoms with Crippen molar-refractivity contribution in [2.24, 2.45) is 0 Å². The normalized spacial score (nSPS) is 12.2. The maximum atomic E-state index is 10.9. The van der Waals surface area contributed by atoms with Crippen LogP contribution in [0.1, 0.15) is 23.6 Å². The molecule has 1 N–H and O–H groups in total. The zero-order valence-electron chi connectivity index (χ0n) is 10.4. The van der Waals surface area contributed by atoms with Crippen molar-refractivity contribution in [2.75, 3.05) is 0 Å². The second kappa shape index (κ2) is 5.33. The van der Waals surface area contributed by atoms with Gasteiger partial charge >= 0.3 is 5.69 Å². The van der Waals surface area contributed by atoms with E-state index in [1.807, 2.05) is 6.92 Å². The average Bonchev–Trinajstić information content (AvgIpc) is 2.76. The van der Waals surface area contributed by atoms with Gasteiger partial charge in [0, 0.05) is 16.6 Å². The second-order valence-electron chi connectivity index (χ2n) is 3.99. The molecule has 2 aromatic rings. The molecule has 2 rings (SSSR count). The Labute approximate surface area is 113 Å². The fourth-order valence-corrected chi connectivity index (χ4v) is 2.34. The molecular weight excluding hydrogens is 268 g/mol. The van der Waals surface area contributed by atoms with Crippen LogP contribution in [-0.2, 0) is 0 Å². The summed E-state index contributed by atoms with van der Waals surface area (Å²) in [5.74, 6) is 0.424. The molecule has 19 heavy (non-hydrogen) atoms. The van der Waals surface area contributed by atoms with E-state index in [-0.39, 0.29) is 10.8 Å². The SMILES string of the molecule is Cc1ccc(Oc2sc(C(C)O)cc2[N+](=O)[O-])cn1. The number of aliphatic hydroxyl groups excluding tert-OH is 1. The molecule has 0 radical (unpaired) electrons. The third-order valence-electron chi connectivity index (χ3n) is 2.40. The number of nitro groups is 1. The van der Waals surface area contributed by atoms with Crippen molar-refractivity contribution in [3.8, 4) is 10.8 Å². The molecule has 0 aliphatic heterocycles. The first-order valence-corrected chi connectivity index (χ1v) is 6.35. The summed E-state index contributed by atoms with van der Waals surface area (Å²) in [6.07, 6.45) is 0.734. The topological polar surface area (TPSA) is 85.5 Å². The molecule has 7 heteroatoms. The van der Waals surface area contributed by atoms with Crippen molar-refractivity contribution in [3.63, 3.8) is 0 Å². The lowest BCUT2D eigenvalue weighted by atomic mass is 10.3. The zero-order chi connectivity index (χ0) is 14.0. The number of nitrogens with zero attached hydrogens (tertiary/aromatic N) is 2. The lowest BCUT2D eigenvalue weighted by Crippen LogP contribution is -1.90. The molecule has 6 nitrogen and oxygen atoms in total. The highest BCUT2D eigenvalue weighted by atomic mass is 32.1. The summed E-state index contributed by atoms with van der Waals surface area (Å²) in [5.41, 5.74) is 0.680. The van der Waals surface area contributed by atoms with Gasteiger partial charge in [-0.15, -0.1) is 0 Å². The minimum absolute atomic E-state index is 0.145. The Morgan fingerprint density at radius 2 is 2.26 bits per heavy atom. The summed E-state index contributed by atoms with van der Waals surface area (Å²) in [5, 5.41) is 20.5. The molecule has 0 amide bonds. The summed E-state index contributed by atoms with van der Waals surface area (Å²) < 4.78 is 5.46. The van der Waals surface area contributed by atoms with E-state index in [0.29, 0.717) is 10.6 Å². The van der Waals surface area contributed by atoms with E-state index in [9.17, 15) is 15.2 Å². The highest BCUT2D eigenvalue weighted by Gasteiger charge is 2.23. The van der Waals surface area contributed by atoms with Gasteiger partial charge < -0.3 is 9.84 Å².